The van der Waals surface area contributed by atoms with Crippen molar-refractivity contribution in [2.45, 2.75) is 12.8 Å². The van der Waals surface area contributed by atoms with E-state index in [1.54, 1.807) is 54.6 Å². The van der Waals surface area contributed by atoms with Crippen molar-refractivity contribution in [3.63, 3.8) is 0 Å². The lowest BCUT2D eigenvalue weighted by molar-refractivity contribution is 0.446. The van der Waals surface area contributed by atoms with Gasteiger partial charge >= 0.3 is 0 Å². The highest BCUT2D eigenvalue weighted by Crippen LogP contribution is 2.42. The molecule has 4 aromatic carbocycles. The van der Waals surface area contributed by atoms with Crippen LogP contribution in [-0.2, 0) is 12.8 Å². The lowest BCUT2D eigenvalue weighted by Gasteiger charge is -2.16. The molecular weight excluding hydrogens is 368 g/mol. The average Bonchev–Trinajstić information content (AvgIpc) is 2.69. The van der Waals surface area contributed by atoms with Crippen LogP contribution in [0.25, 0.3) is 10.8 Å². The molecule has 0 amide bonds. The van der Waals surface area contributed by atoms with Crippen molar-refractivity contribution in [2.24, 2.45) is 0 Å². The Kier molecular flexibility index (Phi) is 4.64. The van der Waals surface area contributed by atoms with Gasteiger partial charge in [0.2, 0.25) is 0 Å². The Morgan fingerprint density at radius 2 is 1.03 bits per heavy atom. The fraction of sp³-hybridized carbons (Fsp3) is 0.0833. The van der Waals surface area contributed by atoms with Crippen molar-refractivity contribution in [3.8, 4) is 28.7 Å². The maximum atomic E-state index is 10.6. The largest absolute Gasteiger partial charge is 0.508 e. The first-order valence-corrected chi connectivity index (χ1v) is 9.16. The molecule has 29 heavy (non-hydrogen) atoms. The van der Waals surface area contributed by atoms with E-state index >= 15 is 0 Å². The van der Waals surface area contributed by atoms with Crippen LogP contribution in [0, 0.1) is 0 Å². The maximum absolute atomic E-state index is 10.6. The molecule has 0 aromatic heterocycles. The Labute approximate surface area is 167 Å². The first-order chi connectivity index (χ1) is 13.9. The molecule has 146 valence electrons. The molecule has 0 atom stereocenters. The molecule has 0 aliphatic rings. The molecule has 0 saturated heterocycles. The molecule has 0 fully saturated rings. The summed E-state index contributed by atoms with van der Waals surface area (Å²) in [7, 11) is 0. The van der Waals surface area contributed by atoms with Gasteiger partial charge in [-0.3, -0.25) is 0 Å². The molecule has 0 bridgehead atoms. The predicted octanol–water partition coefficient (Wildman–Crippen LogP) is 4.55. The van der Waals surface area contributed by atoms with Crippen LogP contribution in [0.1, 0.15) is 22.3 Å². The van der Waals surface area contributed by atoms with Gasteiger partial charge in [-0.15, -0.1) is 0 Å². The van der Waals surface area contributed by atoms with Gasteiger partial charge in [0.25, 0.3) is 0 Å². The highest BCUT2D eigenvalue weighted by Gasteiger charge is 2.18. The van der Waals surface area contributed by atoms with Crippen LogP contribution in [0.2, 0.25) is 0 Å². The monoisotopic (exact) mass is 388 g/mol. The van der Waals surface area contributed by atoms with Crippen LogP contribution in [-0.4, -0.2) is 25.5 Å². The van der Waals surface area contributed by atoms with Crippen LogP contribution in [0.15, 0.2) is 66.7 Å². The van der Waals surface area contributed by atoms with E-state index in [0.717, 1.165) is 16.7 Å². The molecule has 0 aliphatic carbocycles. The highest BCUT2D eigenvalue weighted by molar-refractivity contribution is 5.99. The van der Waals surface area contributed by atoms with E-state index in [9.17, 15) is 25.5 Å². The minimum absolute atomic E-state index is 0.0689. The van der Waals surface area contributed by atoms with Gasteiger partial charge in [0.15, 0.2) is 0 Å². The lowest BCUT2D eigenvalue weighted by Crippen LogP contribution is -1.97. The second-order valence-corrected chi connectivity index (χ2v) is 7.07. The standard InChI is InChI=1S/C24H20O5/c25-17-6-1-14(2-7-17)11-16-5-10-20(27)24-22(29)13-21(28)19(23(16)24)12-15-3-8-18(26)9-4-15/h1-10,13,25-29H,11-12H2. The summed E-state index contributed by atoms with van der Waals surface area (Å²) >= 11 is 0. The van der Waals surface area contributed by atoms with Crippen LogP contribution in [0.3, 0.4) is 0 Å². The van der Waals surface area contributed by atoms with E-state index in [1.807, 2.05) is 0 Å². The van der Waals surface area contributed by atoms with Gasteiger partial charge in [0, 0.05) is 18.1 Å². The van der Waals surface area contributed by atoms with Crippen molar-refractivity contribution in [3.05, 3.63) is 89.0 Å². The summed E-state index contributed by atoms with van der Waals surface area (Å²) in [6.07, 6.45) is 0.845. The van der Waals surface area contributed by atoms with E-state index in [2.05, 4.69) is 0 Å². The molecule has 5 heteroatoms. The second-order valence-electron chi connectivity index (χ2n) is 7.07. The Balaban J connectivity index is 1.90. The number of phenols is 5. The van der Waals surface area contributed by atoms with Crippen molar-refractivity contribution >= 4 is 10.8 Å². The maximum Gasteiger partial charge on any atom is 0.130 e. The van der Waals surface area contributed by atoms with Crippen molar-refractivity contribution in [2.75, 3.05) is 0 Å². The normalized spacial score (nSPS) is 11.0. The third-order valence-electron chi connectivity index (χ3n) is 5.06. The molecule has 0 aliphatic heterocycles. The number of hydrogen-bond donors (Lipinski definition) is 5. The quantitative estimate of drug-likeness (QED) is 0.353. The highest BCUT2D eigenvalue weighted by atomic mass is 16.3. The van der Waals surface area contributed by atoms with E-state index in [-0.39, 0.29) is 34.1 Å². The van der Waals surface area contributed by atoms with Gasteiger partial charge in [-0.25, -0.2) is 0 Å². The van der Waals surface area contributed by atoms with E-state index < -0.39 is 0 Å². The van der Waals surface area contributed by atoms with E-state index in [4.69, 9.17) is 0 Å². The zero-order valence-corrected chi connectivity index (χ0v) is 15.5. The van der Waals surface area contributed by atoms with Gasteiger partial charge in [0.05, 0.1) is 5.39 Å². The number of fused-ring (bicyclic) bond motifs is 1. The van der Waals surface area contributed by atoms with Gasteiger partial charge in [0.1, 0.15) is 28.7 Å². The molecule has 4 rings (SSSR count). The zero-order valence-electron chi connectivity index (χ0n) is 15.5. The molecule has 0 spiro atoms. The fourth-order valence-electron chi connectivity index (χ4n) is 3.63. The third-order valence-corrected chi connectivity index (χ3v) is 5.06. The number of aromatic hydroxyl groups is 5. The number of phenolic OH excluding ortho intramolecular Hbond substituents is 5. The summed E-state index contributed by atoms with van der Waals surface area (Å²) in [5, 5.41) is 51.3. The third kappa shape index (κ3) is 3.62. The fourth-order valence-corrected chi connectivity index (χ4v) is 3.63. The van der Waals surface area contributed by atoms with E-state index in [1.165, 1.54) is 12.1 Å². The topological polar surface area (TPSA) is 101 Å². The second kappa shape index (κ2) is 7.28. The molecule has 5 N–H and O–H groups in total. The van der Waals surface area contributed by atoms with Gasteiger partial charge < -0.3 is 25.5 Å². The molecule has 0 saturated carbocycles. The average molecular weight is 388 g/mol. The minimum Gasteiger partial charge on any atom is -0.508 e. The van der Waals surface area contributed by atoms with Crippen molar-refractivity contribution in [1.29, 1.82) is 0 Å². The minimum atomic E-state index is -0.197. The van der Waals surface area contributed by atoms with Crippen LogP contribution in [0.4, 0.5) is 0 Å². The SMILES string of the molecule is Oc1ccc(Cc2ccc(O)c3c(O)cc(O)c(Cc4ccc(O)cc4)c23)cc1. The van der Waals surface area contributed by atoms with E-state index in [0.29, 0.717) is 23.8 Å². The first kappa shape index (κ1) is 18.5. The molecule has 5 nitrogen and oxygen atoms in total. The first-order valence-electron chi connectivity index (χ1n) is 9.16. The molecule has 0 unspecified atom stereocenters. The Hall–Kier alpha value is -3.86. The Bertz CT molecular complexity index is 1180. The summed E-state index contributed by atoms with van der Waals surface area (Å²) in [5.41, 5.74) is 3.20. The summed E-state index contributed by atoms with van der Waals surface area (Å²) in [4.78, 5) is 0. The zero-order chi connectivity index (χ0) is 20.5. The predicted molar refractivity (Wildman–Crippen MR) is 111 cm³/mol. The molecule has 0 radical (unpaired) electrons. The molecule has 0 heterocycles. The number of rotatable bonds is 4. The summed E-state index contributed by atoms with van der Waals surface area (Å²) < 4.78 is 0. The lowest BCUT2D eigenvalue weighted by atomic mass is 9.90. The van der Waals surface area contributed by atoms with Crippen molar-refractivity contribution in [1.82, 2.24) is 0 Å². The molecular formula is C24H20O5. The summed E-state index contributed by atoms with van der Waals surface area (Å²) in [6, 6.07) is 18.0. The summed E-state index contributed by atoms with van der Waals surface area (Å²) in [5.74, 6) is -0.0108. The smallest absolute Gasteiger partial charge is 0.130 e. The molecule has 4 aromatic rings. The van der Waals surface area contributed by atoms with Gasteiger partial charge in [-0.05, 0) is 58.8 Å². The van der Waals surface area contributed by atoms with Crippen LogP contribution in [0.5, 0.6) is 28.7 Å². The van der Waals surface area contributed by atoms with Gasteiger partial charge in [-0.2, -0.15) is 0 Å². The summed E-state index contributed by atoms with van der Waals surface area (Å²) in [6.45, 7) is 0. The van der Waals surface area contributed by atoms with Gasteiger partial charge in [-0.1, -0.05) is 30.3 Å². The van der Waals surface area contributed by atoms with Crippen LogP contribution >= 0.6 is 0 Å². The van der Waals surface area contributed by atoms with Crippen LogP contribution < -0.4 is 0 Å². The Morgan fingerprint density at radius 1 is 0.483 bits per heavy atom. The van der Waals surface area contributed by atoms with Crippen molar-refractivity contribution < 1.29 is 25.5 Å². The number of hydrogen-bond acceptors (Lipinski definition) is 5. The number of benzene rings is 4. The Morgan fingerprint density at radius 3 is 1.62 bits per heavy atom.